The number of carbonyl (C=O) groups is 1. The molecule has 0 aromatic heterocycles. The summed E-state index contributed by atoms with van der Waals surface area (Å²) in [6, 6.07) is 0.201. The van der Waals surface area contributed by atoms with Gasteiger partial charge in [0.1, 0.15) is 0 Å². The summed E-state index contributed by atoms with van der Waals surface area (Å²) in [4.78, 5) is 13.1. The smallest absolute Gasteiger partial charge is 0.223 e. The predicted molar refractivity (Wildman–Crippen MR) is 59.7 cm³/mol. The molecule has 2 atom stereocenters. The zero-order valence-corrected chi connectivity index (χ0v) is 10.2. The van der Waals surface area contributed by atoms with Crippen LogP contribution >= 0.6 is 0 Å². The fraction of sp³-hybridized carbons (Fsp3) is 0.909. The number of carbonyl (C=O) groups excluding carboxylic acids is 1. The van der Waals surface area contributed by atoms with Crippen LogP contribution in [-0.2, 0) is 9.53 Å². The zero-order valence-electron chi connectivity index (χ0n) is 10.2. The van der Waals surface area contributed by atoms with Crippen molar-refractivity contribution in [2.24, 2.45) is 0 Å². The Bertz CT molecular complexity index is 223. The summed E-state index contributed by atoms with van der Waals surface area (Å²) in [5.74, 6) is 0.164. The molecule has 1 heterocycles. The summed E-state index contributed by atoms with van der Waals surface area (Å²) in [6.45, 7) is 5.76. The fourth-order valence-corrected chi connectivity index (χ4v) is 1.87. The molecule has 0 aromatic rings. The van der Waals surface area contributed by atoms with E-state index in [9.17, 15) is 4.79 Å². The highest BCUT2D eigenvalue weighted by Crippen LogP contribution is 2.18. The molecule has 0 aliphatic carbocycles. The third-order valence-electron chi connectivity index (χ3n) is 2.79. The van der Waals surface area contributed by atoms with Crippen molar-refractivity contribution in [2.75, 3.05) is 27.3 Å². The Kier molecular flexibility index (Phi) is 4.11. The Balaban J connectivity index is 2.35. The van der Waals surface area contributed by atoms with Crippen molar-refractivity contribution in [3.05, 3.63) is 0 Å². The number of hydrogen-bond donors (Lipinski definition) is 1. The van der Waals surface area contributed by atoms with Crippen molar-refractivity contribution in [1.29, 1.82) is 0 Å². The molecule has 1 fully saturated rings. The molecule has 0 radical (unpaired) electrons. The minimum atomic E-state index is 0.0476. The molecule has 0 aromatic carbocycles. The Labute approximate surface area is 92.0 Å². The summed E-state index contributed by atoms with van der Waals surface area (Å²) in [7, 11) is 3.57. The molecule has 88 valence electrons. The van der Waals surface area contributed by atoms with Crippen LogP contribution in [0.2, 0.25) is 0 Å². The third kappa shape index (κ3) is 3.80. The van der Waals surface area contributed by atoms with E-state index in [4.69, 9.17) is 4.74 Å². The number of rotatable bonds is 4. The summed E-state index contributed by atoms with van der Waals surface area (Å²) < 4.78 is 5.36. The van der Waals surface area contributed by atoms with E-state index in [0.717, 1.165) is 19.6 Å². The largest absolute Gasteiger partial charge is 0.379 e. The molecular formula is C11H22N2O2. The maximum Gasteiger partial charge on any atom is 0.223 e. The van der Waals surface area contributed by atoms with E-state index in [1.807, 2.05) is 6.92 Å². The molecule has 1 N–H and O–H groups in total. The van der Waals surface area contributed by atoms with Crippen LogP contribution in [0.15, 0.2) is 0 Å². The molecule has 1 aliphatic heterocycles. The molecule has 0 bridgehead atoms. The van der Waals surface area contributed by atoms with E-state index in [1.54, 1.807) is 19.0 Å². The van der Waals surface area contributed by atoms with Crippen molar-refractivity contribution < 1.29 is 9.53 Å². The highest BCUT2D eigenvalue weighted by Gasteiger charge is 2.31. The maximum atomic E-state index is 11.5. The standard InChI is InChI=1S/C11H22N2O2/c1-9(7-10(14)13(3)4)12-11(2)5-6-15-8-11/h9,12H,5-8H2,1-4H3. The number of amides is 1. The molecular weight excluding hydrogens is 192 g/mol. The minimum absolute atomic E-state index is 0.0476. The van der Waals surface area contributed by atoms with E-state index in [-0.39, 0.29) is 17.5 Å². The van der Waals surface area contributed by atoms with E-state index in [2.05, 4.69) is 12.2 Å². The Hall–Kier alpha value is -0.610. The van der Waals surface area contributed by atoms with Gasteiger partial charge in [0.25, 0.3) is 0 Å². The molecule has 4 heteroatoms. The third-order valence-corrected chi connectivity index (χ3v) is 2.79. The average Bonchev–Trinajstić information content (AvgIpc) is 2.50. The van der Waals surface area contributed by atoms with Crippen molar-refractivity contribution in [3.63, 3.8) is 0 Å². The van der Waals surface area contributed by atoms with Gasteiger partial charge in [0.15, 0.2) is 0 Å². The second-order valence-corrected chi connectivity index (χ2v) is 4.90. The van der Waals surface area contributed by atoms with Crippen LogP contribution in [-0.4, -0.2) is 49.7 Å². The van der Waals surface area contributed by atoms with Crippen LogP contribution in [0, 0.1) is 0 Å². The molecule has 1 rings (SSSR count). The van der Waals surface area contributed by atoms with Gasteiger partial charge in [-0.2, -0.15) is 0 Å². The van der Waals surface area contributed by atoms with Crippen molar-refractivity contribution in [3.8, 4) is 0 Å². The summed E-state index contributed by atoms with van der Waals surface area (Å²) in [6.07, 6.45) is 1.57. The van der Waals surface area contributed by atoms with Gasteiger partial charge < -0.3 is 15.0 Å². The van der Waals surface area contributed by atoms with E-state index < -0.39 is 0 Å². The summed E-state index contributed by atoms with van der Waals surface area (Å²) >= 11 is 0. The normalized spacial score (nSPS) is 27.7. The van der Waals surface area contributed by atoms with Gasteiger partial charge in [-0.15, -0.1) is 0 Å². The van der Waals surface area contributed by atoms with Crippen molar-refractivity contribution in [2.45, 2.75) is 38.3 Å². The van der Waals surface area contributed by atoms with Crippen LogP contribution < -0.4 is 5.32 Å². The zero-order chi connectivity index (χ0) is 11.5. The maximum absolute atomic E-state index is 11.5. The first-order valence-corrected chi connectivity index (χ1v) is 5.48. The van der Waals surface area contributed by atoms with Crippen molar-refractivity contribution in [1.82, 2.24) is 10.2 Å². The Morgan fingerprint density at radius 3 is 2.73 bits per heavy atom. The fourth-order valence-electron chi connectivity index (χ4n) is 1.87. The van der Waals surface area contributed by atoms with Crippen LogP contribution in [0.4, 0.5) is 0 Å². The monoisotopic (exact) mass is 214 g/mol. The first-order chi connectivity index (χ1) is 6.93. The first-order valence-electron chi connectivity index (χ1n) is 5.48. The highest BCUT2D eigenvalue weighted by molar-refractivity contribution is 5.76. The van der Waals surface area contributed by atoms with Gasteiger partial charge in [0.2, 0.25) is 5.91 Å². The van der Waals surface area contributed by atoms with Crippen LogP contribution in [0.25, 0.3) is 0 Å². The quantitative estimate of drug-likeness (QED) is 0.746. The van der Waals surface area contributed by atoms with Gasteiger partial charge in [-0.3, -0.25) is 4.79 Å². The lowest BCUT2D eigenvalue weighted by molar-refractivity contribution is -0.129. The minimum Gasteiger partial charge on any atom is -0.379 e. The predicted octanol–water partition coefficient (Wildman–Crippen LogP) is 0.622. The van der Waals surface area contributed by atoms with Gasteiger partial charge in [0, 0.05) is 38.7 Å². The lowest BCUT2D eigenvalue weighted by Crippen LogP contribution is -2.48. The highest BCUT2D eigenvalue weighted by atomic mass is 16.5. The number of hydrogen-bond acceptors (Lipinski definition) is 3. The summed E-state index contributed by atoms with van der Waals surface area (Å²) in [5.41, 5.74) is 0.0476. The van der Waals surface area contributed by atoms with Gasteiger partial charge >= 0.3 is 0 Å². The lowest BCUT2D eigenvalue weighted by Gasteiger charge is -2.28. The van der Waals surface area contributed by atoms with Gasteiger partial charge in [0.05, 0.1) is 6.61 Å². The molecule has 1 saturated heterocycles. The lowest BCUT2D eigenvalue weighted by atomic mass is 10.00. The molecule has 1 aliphatic rings. The van der Waals surface area contributed by atoms with Crippen LogP contribution in [0.3, 0.4) is 0 Å². The Morgan fingerprint density at radius 2 is 2.27 bits per heavy atom. The molecule has 15 heavy (non-hydrogen) atoms. The SMILES string of the molecule is CC(CC(=O)N(C)C)NC1(C)CCOC1. The number of nitrogens with zero attached hydrogens (tertiary/aromatic N) is 1. The number of ether oxygens (including phenoxy) is 1. The second-order valence-electron chi connectivity index (χ2n) is 4.90. The van der Waals surface area contributed by atoms with E-state index >= 15 is 0 Å². The topological polar surface area (TPSA) is 41.6 Å². The van der Waals surface area contributed by atoms with Crippen LogP contribution in [0.5, 0.6) is 0 Å². The molecule has 4 nitrogen and oxygen atoms in total. The van der Waals surface area contributed by atoms with Gasteiger partial charge in [-0.25, -0.2) is 0 Å². The summed E-state index contributed by atoms with van der Waals surface area (Å²) in [5, 5.41) is 3.47. The molecule has 0 saturated carbocycles. The molecule has 2 unspecified atom stereocenters. The number of nitrogens with one attached hydrogen (secondary N) is 1. The van der Waals surface area contributed by atoms with E-state index in [1.165, 1.54) is 0 Å². The molecule has 1 amide bonds. The van der Waals surface area contributed by atoms with E-state index in [0.29, 0.717) is 6.42 Å². The van der Waals surface area contributed by atoms with Crippen LogP contribution in [0.1, 0.15) is 26.7 Å². The van der Waals surface area contributed by atoms with Gasteiger partial charge in [-0.05, 0) is 20.3 Å². The van der Waals surface area contributed by atoms with Gasteiger partial charge in [-0.1, -0.05) is 0 Å². The molecule has 0 spiro atoms. The Morgan fingerprint density at radius 1 is 1.60 bits per heavy atom. The second kappa shape index (κ2) is 4.94. The first kappa shape index (κ1) is 12.5. The van der Waals surface area contributed by atoms with Crippen molar-refractivity contribution >= 4 is 5.91 Å². The average molecular weight is 214 g/mol.